The zero-order valence-corrected chi connectivity index (χ0v) is 17.4. The molecule has 2 aromatic heterocycles. The Bertz CT molecular complexity index is 1160. The van der Waals surface area contributed by atoms with Crippen LogP contribution in [0.2, 0.25) is 0 Å². The van der Waals surface area contributed by atoms with Crippen LogP contribution in [0, 0.1) is 0 Å². The first-order chi connectivity index (χ1) is 13.7. The molecule has 1 aromatic carbocycles. The molecule has 1 aliphatic rings. The van der Waals surface area contributed by atoms with E-state index in [0.29, 0.717) is 15.6 Å². The molecule has 1 aliphatic carbocycles. The molecular weight excluding hydrogens is 390 g/mol. The summed E-state index contributed by atoms with van der Waals surface area (Å²) in [5.74, 6) is 0.259. The SMILES string of the molecule is CC(C)(C)OC(=O)N(c1nc2ccccn2c1C1CC1)S(=O)(=O)c1ccccc1. The van der Waals surface area contributed by atoms with Gasteiger partial charge in [-0.3, -0.25) is 0 Å². The molecule has 1 saturated carbocycles. The Balaban J connectivity index is 1.93. The van der Waals surface area contributed by atoms with Crippen molar-refractivity contribution < 1.29 is 17.9 Å². The molecule has 8 heteroatoms. The lowest BCUT2D eigenvalue weighted by atomic mass is 10.2. The molecule has 0 N–H and O–H groups in total. The molecule has 0 spiro atoms. The second kappa shape index (κ2) is 6.88. The molecule has 0 bridgehead atoms. The van der Waals surface area contributed by atoms with Gasteiger partial charge in [0.2, 0.25) is 0 Å². The van der Waals surface area contributed by atoms with Crippen LogP contribution in [0.15, 0.2) is 59.6 Å². The maximum absolute atomic E-state index is 13.5. The van der Waals surface area contributed by atoms with Crippen LogP contribution in [0.1, 0.15) is 45.2 Å². The van der Waals surface area contributed by atoms with Gasteiger partial charge in [-0.15, -0.1) is 4.31 Å². The fourth-order valence-corrected chi connectivity index (χ4v) is 4.50. The average Bonchev–Trinajstić information content (AvgIpc) is 3.41. The van der Waals surface area contributed by atoms with E-state index in [9.17, 15) is 13.2 Å². The van der Waals surface area contributed by atoms with E-state index < -0.39 is 21.7 Å². The maximum atomic E-state index is 13.5. The predicted octanol–water partition coefficient (Wildman–Crippen LogP) is 4.34. The molecule has 7 nitrogen and oxygen atoms in total. The number of amides is 1. The summed E-state index contributed by atoms with van der Waals surface area (Å²) in [4.78, 5) is 17.7. The summed E-state index contributed by atoms with van der Waals surface area (Å²) in [6, 6.07) is 13.3. The van der Waals surface area contributed by atoms with Gasteiger partial charge in [-0.1, -0.05) is 24.3 Å². The van der Waals surface area contributed by atoms with Crippen LogP contribution in [-0.4, -0.2) is 29.5 Å². The van der Waals surface area contributed by atoms with Crippen molar-refractivity contribution in [2.75, 3.05) is 4.31 Å². The second-order valence-corrected chi connectivity index (χ2v) is 9.87. The lowest BCUT2D eigenvalue weighted by Crippen LogP contribution is -2.41. The third-order valence-corrected chi connectivity index (χ3v) is 6.22. The fourth-order valence-electron chi connectivity index (χ4n) is 3.19. The van der Waals surface area contributed by atoms with Crippen molar-refractivity contribution in [3.8, 4) is 0 Å². The van der Waals surface area contributed by atoms with Gasteiger partial charge in [0.05, 0.1) is 10.6 Å². The van der Waals surface area contributed by atoms with Crippen LogP contribution in [0.25, 0.3) is 5.65 Å². The number of nitrogens with zero attached hydrogens (tertiary/aromatic N) is 3. The highest BCUT2D eigenvalue weighted by atomic mass is 32.2. The maximum Gasteiger partial charge on any atom is 0.430 e. The molecule has 152 valence electrons. The van der Waals surface area contributed by atoms with E-state index in [1.165, 1.54) is 12.1 Å². The van der Waals surface area contributed by atoms with Crippen molar-refractivity contribution in [1.82, 2.24) is 9.38 Å². The highest BCUT2D eigenvalue weighted by Crippen LogP contribution is 2.45. The molecule has 3 aromatic rings. The second-order valence-electron chi connectivity index (χ2n) is 8.09. The van der Waals surface area contributed by atoms with Crippen LogP contribution >= 0.6 is 0 Å². The minimum Gasteiger partial charge on any atom is -0.443 e. The van der Waals surface area contributed by atoms with E-state index in [1.54, 1.807) is 45.0 Å². The summed E-state index contributed by atoms with van der Waals surface area (Å²) in [6.45, 7) is 5.09. The van der Waals surface area contributed by atoms with Gasteiger partial charge in [-0.05, 0) is 57.9 Å². The van der Waals surface area contributed by atoms with Crippen molar-refractivity contribution in [3.63, 3.8) is 0 Å². The Morgan fingerprint density at radius 3 is 2.38 bits per heavy atom. The van der Waals surface area contributed by atoms with Crippen LogP contribution in [0.5, 0.6) is 0 Å². The first-order valence-electron chi connectivity index (χ1n) is 9.49. The molecule has 29 heavy (non-hydrogen) atoms. The van der Waals surface area contributed by atoms with Gasteiger partial charge in [-0.2, -0.15) is 0 Å². The molecule has 0 saturated heterocycles. The van der Waals surface area contributed by atoms with Gasteiger partial charge in [0.25, 0.3) is 10.0 Å². The number of anilines is 1. The first kappa shape index (κ1) is 19.4. The molecule has 0 unspecified atom stereocenters. The summed E-state index contributed by atoms with van der Waals surface area (Å²) in [6.07, 6.45) is 2.71. The number of aromatic nitrogens is 2. The summed E-state index contributed by atoms with van der Waals surface area (Å²) in [7, 11) is -4.22. The molecule has 2 heterocycles. The molecule has 1 amide bonds. The zero-order chi connectivity index (χ0) is 20.8. The van der Waals surface area contributed by atoms with Gasteiger partial charge >= 0.3 is 6.09 Å². The Labute approximate surface area is 170 Å². The minimum absolute atomic E-state index is 0.00432. The largest absolute Gasteiger partial charge is 0.443 e. The number of pyridine rings is 1. The highest BCUT2D eigenvalue weighted by molar-refractivity contribution is 7.93. The zero-order valence-electron chi connectivity index (χ0n) is 16.6. The van der Waals surface area contributed by atoms with E-state index in [4.69, 9.17) is 4.74 Å². The Morgan fingerprint density at radius 1 is 1.10 bits per heavy atom. The number of sulfonamides is 1. The summed E-state index contributed by atoms with van der Waals surface area (Å²) in [5, 5.41) is 0. The van der Waals surface area contributed by atoms with Gasteiger partial charge in [0.15, 0.2) is 5.82 Å². The van der Waals surface area contributed by atoms with Crippen molar-refractivity contribution in [1.29, 1.82) is 0 Å². The van der Waals surface area contributed by atoms with E-state index in [1.807, 2.05) is 22.7 Å². The molecule has 1 fully saturated rings. The van der Waals surface area contributed by atoms with Crippen LogP contribution in [0.4, 0.5) is 10.6 Å². The first-order valence-corrected chi connectivity index (χ1v) is 10.9. The lowest BCUT2D eigenvalue weighted by molar-refractivity contribution is 0.0608. The van der Waals surface area contributed by atoms with Crippen LogP contribution in [0.3, 0.4) is 0 Å². The predicted molar refractivity (Wildman–Crippen MR) is 110 cm³/mol. The van der Waals surface area contributed by atoms with E-state index >= 15 is 0 Å². The van der Waals surface area contributed by atoms with Crippen molar-refractivity contribution in [2.24, 2.45) is 0 Å². The number of benzene rings is 1. The third kappa shape index (κ3) is 3.72. The Morgan fingerprint density at radius 2 is 1.76 bits per heavy atom. The smallest absolute Gasteiger partial charge is 0.430 e. The van der Waals surface area contributed by atoms with E-state index in [2.05, 4.69) is 4.98 Å². The lowest BCUT2D eigenvalue weighted by Gasteiger charge is -2.26. The highest BCUT2D eigenvalue weighted by Gasteiger charge is 2.41. The minimum atomic E-state index is -4.22. The molecular formula is C21H23N3O4S. The molecule has 0 atom stereocenters. The van der Waals surface area contributed by atoms with Crippen molar-refractivity contribution in [3.05, 3.63) is 60.4 Å². The number of hydrogen-bond donors (Lipinski definition) is 0. The van der Waals surface area contributed by atoms with Gasteiger partial charge in [0, 0.05) is 12.1 Å². The normalized spacial score (nSPS) is 14.7. The van der Waals surface area contributed by atoms with Crippen LogP contribution < -0.4 is 4.31 Å². The summed E-state index contributed by atoms with van der Waals surface area (Å²) < 4.78 is 35.1. The van der Waals surface area contributed by atoms with Gasteiger partial charge < -0.3 is 9.14 Å². The molecule has 0 radical (unpaired) electrons. The number of hydrogen-bond acceptors (Lipinski definition) is 5. The van der Waals surface area contributed by atoms with Crippen LogP contribution in [-0.2, 0) is 14.8 Å². The van der Waals surface area contributed by atoms with Gasteiger partial charge in [0.1, 0.15) is 11.2 Å². The summed E-state index contributed by atoms with van der Waals surface area (Å²) in [5.41, 5.74) is 0.438. The number of rotatable bonds is 4. The number of carbonyl (C=O) groups excluding carboxylic acids is 1. The van der Waals surface area contributed by atoms with E-state index in [-0.39, 0.29) is 16.6 Å². The Hall–Kier alpha value is -2.87. The topological polar surface area (TPSA) is 81.0 Å². The summed E-state index contributed by atoms with van der Waals surface area (Å²) >= 11 is 0. The van der Waals surface area contributed by atoms with Gasteiger partial charge in [-0.25, -0.2) is 18.2 Å². The third-order valence-electron chi connectivity index (χ3n) is 4.54. The quantitative estimate of drug-likeness (QED) is 0.635. The number of imidazole rings is 1. The van der Waals surface area contributed by atoms with Crippen molar-refractivity contribution in [2.45, 2.75) is 50.0 Å². The van der Waals surface area contributed by atoms with Crippen molar-refractivity contribution >= 4 is 27.6 Å². The standard InChI is InChI=1S/C21H23N3O4S/c1-21(2,3)28-20(25)24(29(26,27)16-9-5-4-6-10-16)19-18(15-12-13-15)23-14-8-7-11-17(23)22-19/h4-11,14-15H,12-13H2,1-3H3. The Kier molecular flexibility index (Phi) is 4.61. The van der Waals surface area contributed by atoms with E-state index in [0.717, 1.165) is 12.8 Å². The monoisotopic (exact) mass is 413 g/mol. The molecule has 4 rings (SSSR count). The number of ether oxygens (including phenoxy) is 1. The average molecular weight is 413 g/mol. The number of carbonyl (C=O) groups is 1. The number of fused-ring (bicyclic) bond motifs is 1. The molecule has 0 aliphatic heterocycles. The fraction of sp³-hybridized carbons (Fsp3) is 0.333.